The summed E-state index contributed by atoms with van der Waals surface area (Å²) in [6, 6.07) is 4.10. The Balaban J connectivity index is 3.05. The Bertz CT molecular complexity index is 529. The van der Waals surface area contributed by atoms with Gasteiger partial charge in [0.25, 0.3) is 5.91 Å². The number of hydrazine groups is 1. The highest BCUT2D eigenvalue weighted by Crippen LogP contribution is 2.42. The van der Waals surface area contributed by atoms with E-state index in [1.165, 1.54) is 5.56 Å². The molecule has 1 rings (SSSR count). The fourth-order valence-electron chi connectivity index (χ4n) is 2.70. The third kappa shape index (κ3) is 5.56. The van der Waals surface area contributed by atoms with Crippen LogP contribution in [0.15, 0.2) is 21.1 Å². The molecule has 0 saturated carbocycles. The van der Waals surface area contributed by atoms with Gasteiger partial charge in [-0.25, -0.2) is 5.84 Å². The first-order valence-corrected chi connectivity index (χ1v) is 8.66. The number of halogens is 2. The molecule has 6 heteroatoms. The van der Waals surface area contributed by atoms with Crippen LogP contribution in [-0.4, -0.2) is 12.5 Å². The van der Waals surface area contributed by atoms with Crippen molar-refractivity contribution in [3.8, 4) is 5.75 Å². The first-order valence-electron chi connectivity index (χ1n) is 7.08. The normalized spacial score (nSPS) is 12.2. The summed E-state index contributed by atoms with van der Waals surface area (Å²) in [6.07, 6.45) is 1.05. The van der Waals surface area contributed by atoms with Gasteiger partial charge < -0.3 is 4.74 Å². The Hall–Kier alpha value is -0.590. The van der Waals surface area contributed by atoms with E-state index < -0.39 is 0 Å². The largest absolute Gasteiger partial charge is 0.481 e. The van der Waals surface area contributed by atoms with Crippen LogP contribution in [0.2, 0.25) is 0 Å². The maximum atomic E-state index is 11.2. The minimum absolute atomic E-state index is 0.0243. The number of hydrogen-bond acceptors (Lipinski definition) is 3. The second-order valence-electron chi connectivity index (χ2n) is 7.25. The van der Waals surface area contributed by atoms with E-state index in [2.05, 4.69) is 66.5 Å². The number of nitrogens with one attached hydrogen (secondary N) is 1. The SMILES string of the molecule is CC(C)(C)CC(C)(C)c1cc(Br)c(OCC(=O)NN)c(Br)c1. The first-order chi connectivity index (χ1) is 9.96. The first kappa shape index (κ1) is 19.5. The third-order valence-electron chi connectivity index (χ3n) is 3.26. The van der Waals surface area contributed by atoms with Crippen LogP contribution in [0.3, 0.4) is 0 Å². The highest BCUT2D eigenvalue weighted by Gasteiger charge is 2.28. The zero-order chi connectivity index (χ0) is 17.1. The lowest BCUT2D eigenvalue weighted by Gasteiger charge is -2.33. The smallest absolute Gasteiger partial charge is 0.271 e. The van der Waals surface area contributed by atoms with Crippen molar-refractivity contribution in [3.63, 3.8) is 0 Å². The fraction of sp³-hybridized carbons (Fsp3) is 0.562. The van der Waals surface area contributed by atoms with Crippen LogP contribution >= 0.6 is 31.9 Å². The molecule has 124 valence electrons. The number of carbonyl (C=O) groups is 1. The molecule has 1 aromatic carbocycles. The van der Waals surface area contributed by atoms with Crippen molar-refractivity contribution in [1.29, 1.82) is 0 Å². The molecule has 0 radical (unpaired) electrons. The molecule has 0 aliphatic rings. The van der Waals surface area contributed by atoms with Crippen molar-refractivity contribution in [2.24, 2.45) is 11.3 Å². The summed E-state index contributed by atoms with van der Waals surface area (Å²) in [6.45, 7) is 11.0. The molecular formula is C16H24Br2N2O2. The molecule has 4 nitrogen and oxygen atoms in total. The number of benzene rings is 1. The average molecular weight is 436 g/mol. The van der Waals surface area contributed by atoms with Crippen LogP contribution in [0.4, 0.5) is 0 Å². The number of amides is 1. The molecule has 0 atom stereocenters. The van der Waals surface area contributed by atoms with E-state index in [0.29, 0.717) is 5.75 Å². The predicted octanol–water partition coefficient (Wildman–Crippen LogP) is 4.29. The summed E-state index contributed by atoms with van der Waals surface area (Å²) >= 11 is 7.05. The van der Waals surface area contributed by atoms with Crippen molar-refractivity contribution >= 4 is 37.8 Å². The van der Waals surface area contributed by atoms with E-state index in [4.69, 9.17) is 10.6 Å². The van der Waals surface area contributed by atoms with Gasteiger partial charge in [-0.05, 0) is 66.8 Å². The van der Waals surface area contributed by atoms with Crippen molar-refractivity contribution in [1.82, 2.24) is 5.43 Å². The predicted molar refractivity (Wildman–Crippen MR) is 96.8 cm³/mol. The zero-order valence-corrected chi connectivity index (χ0v) is 16.9. The standard InChI is InChI=1S/C16H24Br2N2O2/c1-15(2,3)9-16(4,5)10-6-11(17)14(12(18)7-10)22-8-13(21)20-19/h6-7H,8-9,19H2,1-5H3,(H,20,21). The van der Waals surface area contributed by atoms with Gasteiger partial charge in [0.1, 0.15) is 5.75 Å². The molecule has 0 heterocycles. The molecule has 0 saturated heterocycles. The number of rotatable bonds is 5. The van der Waals surface area contributed by atoms with E-state index in [1.54, 1.807) is 0 Å². The monoisotopic (exact) mass is 434 g/mol. The highest BCUT2D eigenvalue weighted by molar-refractivity contribution is 9.11. The zero-order valence-electron chi connectivity index (χ0n) is 13.7. The summed E-state index contributed by atoms with van der Waals surface area (Å²) in [4.78, 5) is 11.2. The van der Waals surface area contributed by atoms with Crippen LogP contribution in [0.25, 0.3) is 0 Å². The van der Waals surface area contributed by atoms with Crippen molar-refractivity contribution < 1.29 is 9.53 Å². The van der Waals surface area contributed by atoms with Crippen molar-refractivity contribution in [2.75, 3.05) is 6.61 Å². The molecule has 0 aromatic heterocycles. The van der Waals surface area contributed by atoms with Gasteiger partial charge >= 0.3 is 0 Å². The van der Waals surface area contributed by atoms with Gasteiger partial charge in [-0.3, -0.25) is 10.2 Å². The molecule has 0 aliphatic heterocycles. The molecule has 1 amide bonds. The van der Waals surface area contributed by atoms with E-state index in [1.807, 2.05) is 17.6 Å². The summed E-state index contributed by atoms with van der Waals surface area (Å²) in [7, 11) is 0. The second-order valence-corrected chi connectivity index (χ2v) is 8.96. The molecule has 0 fully saturated rings. The third-order valence-corrected chi connectivity index (χ3v) is 4.44. The molecule has 3 N–H and O–H groups in total. The van der Waals surface area contributed by atoms with Crippen LogP contribution < -0.4 is 16.0 Å². The van der Waals surface area contributed by atoms with E-state index in [-0.39, 0.29) is 23.3 Å². The minimum Gasteiger partial charge on any atom is -0.481 e. The Morgan fingerprint density at radius 1 is 1.18 bits per heavy atom. The quantitative estimate of drug-likeness (QED) is 0.411. The number of hydrogen-bond donors (Lipinski definition) is 2. The maximum Gasteiger partial charge on any atom is 0.271 e. The molecule has 0 bridgehead atoms. The number of nitrogens with two attached hydrogens (primary N) is 1. The van der Waals surface area contributed by atoms with Crippen molar-refractivity contribution in [3.05, 3.63) is 26.6 Å². The van der Waals surface area contributed by atoms with E-state index in [0.717, 1.165) is 15.4 Å². The van der Waals surface area contributed by atoms with E-state index in [9.17, 15) is 4.79 Å². The molecular weight excluding hydrogens is 412 g/mol. The molecule has 0 unspecified atom stereocenters. The average Bonchev–Trinajstić information content (AvgIpc) is 2.34. The van der Waals surface area contributed by atoms with Gasteiger partial charge in [0.15, 0.2) is 6.61 Å². The second kappa shape index (κ2) is 7.32. The summed E-state index contributed by atoms with van der Waals surface area (Å²) in [5.41, 5.74) is 3.50. The van der Waals surface area contributed by atoms with Crippen LogP contribution in [0.5, 0.6) is 5.75 Å². The van der Waals surface area contributed by atoms with Crippen molar-refractivity contribution in [2.45, 2.75) is 46.5 Å². The van der Waals surface area contributed by atoms with Crippen LogP contribution in [-0.2, 0) is 10.2 Å². The highest BCUT2D eigenvalue weighted by atomic mass is 79.9. The maximum absolute atomic E-state index is 11.2. The lowest BCUT2D eigenvalue weighted by molar-refractivity contribution is -0.123. The van der Waals surface area contributed by atoms with E-state index >= 15 is 0 Å². The van der Waals surface area contributed by atoms with Crippen LogP contribution in [0.1, 0.15) is 46.6 Å². The fourth-order valence-corrected chi connectivity index (χ4v) is 4.11. The van der Waals surface area contributed by atoms with Gasteiger partial charge in [-0.1, -0.05) is 34.6 Å². The Morgan fingerprint density at radius 3 is 2.09 bits per heavy atom. The van der Waals surface area contributed by atoms with Gasteiger partial charge in [-0.15, -0.1) is 0 Å². The molecule has 0 aliphatic carbocycles. The molecule has 0 spiro atoms. The van der Waals surface area contributed by atoms with Gasteiger partial charge in [-0.2, -0.15) is 0 Å². The summed E-state index contributed by atoms with van der Waals surface area (Å²) in [5, 5.41) is 0. The number of ether oxygens (including phenoxy) is 1. The van der Waals surface area contributed by atoms with Crippen LogP contribution in [0, 0.1) is 5.41 Å². The van der Waals surface area contributed by atoms with Gasteiger partial charge in [0.2, 0.25) is 0 Å². The van der Waals surface area contributed by atoms with Gasteiger partial charge in [0.05, 0.1) is 8.95 Å². The number of carbonyl (C=O) groups excluding carboxylic acids is 1. The minimum atomic E-state index is -0.379. The topological polar surface area (TPSA) is 64.3 Å². The summed E-state index contributed by atoms with van der Waals surface area (Å²) in [5.74, 6) is 5.27. The lowest BCUT2D eigenvalue weighted by Crippen LogP contribution is -2.34. The summed E-state index contributed by atoms with van der Waals surface area (Å²) < 4.78 is 7.12. The van der Waals surface area contributed by atoms with Gasteiger partial charge in [0, 0.05) is 0 Å². The Kier molecular flexibility index (Phi) is 6.47. The molecule has 22 heavy (non-hydrogen) atoms. The lowest BCUT2D eigenvalue weighted by atomic mass is 9.72. The molecule has 1 aromatic rings. The Labute approximate surface area is 149 Å². The Morgan fingerprint density at radius 2 is 1.68 bits per heavy atom.